The lowest BCUT2D eigenvalue weighted by Gasteiger charge is -2.32. The van der Waals surface area contributed by atoms with Gasteiger partial charge in [0.05, 0.1) is 11.2 Å². The third-order valence-corrected chi connectivity index (χ3v) is 6.27. The van der Waals surface area contributed by atoms with Crippen LogP contribution in [0.1, 0.15) is 18.5 Å². The molecule has 4 heterocycles. The van der Waals surface area contributed by atoms with Gasteiger partial charge in [0.15, 0.2) is 18.2 Å². The maximum absolute atomic E-state index is 12.3. The standard InChI is InChI=1S/C22H24ClN7O3/c23-14-1-3-17-18(11-14)30(22(32)28-27-17)10-9-29-7-5-15(6-8-29)24-12-16-2-4-19-21(25-16)26-20(31)13-33-19/h1-4,11,15,24H,5-10,12-13H2,(H,25,26,31). The largest absolute Gasteiger partial charge is 0.480 e. The van der Waals surface area contributed by atoms with Crippen molar-refractivity contribution in [2.45, 2.75) is 32.0 Å². The molecule has 3 aromatic rings. The summed E-state index contributed by atoms with van der Waals surface area (Å²) >= 11 is 6.11. The number of halogens is 1. The van der Waals surface area contributed by atoms with Crippen molar-refractivity contribution < 1.29 is 9.53 Å². The first-order valence-corrected chi connectivity index (χ1v) is 11.3. The molecule has 0 spiro atoms. The number of fused-ring (bicyclic) bond motifs is 2. The SMILES string of the molecule is O=C1COc2ccc(CNC3CCN(CCn4c(=O)nnc5ccc(Cl)cc54)CC3)nc2N1. The van der Waals surface area contributed by atoms with Crippen LogP contribution in [0, 0.1) is 0 Å². The van der Waals surface area contributed by atoms with Crippen molar-refractivity contribution in [2.75, 3.05) is 31.6 Å². The number of carbonyl (C=O) groups is 1. The summed E-state index contributed by atoms with van der Waals surface area (Å²) in [6, 6.07) is 9.42. The van der Waals surface area contributed by atoms with Crippen molar-refractivity contribution in [1.29, 1.82) is 0 Å². The van der Waals surface area contributed by atoms with Gasteiger partial charge in [0.2, 0.25) is 0 Å². The van der Waals surface area contributed by atoms with E-state index < -0.39 is 0 Å². The van der Waals surface area contributed by atoms with E-state index in [1.807, 2.05) is 12.1 Å². The minimum absolute atomic E-state index is 0.0289. The number of ether oxygens (including phenoxy) is 1. The Bertz CT molecular complexity index is 1240. The molecule has 5 rings (SSSR count). The third kappa shape index (κ3) is 4.97. The van der Waals surface area contributed by atoms with Gasteiger partial charge in [-0.05, 0) is 56.3 Å². The average molecular weight is 470 g/mol. The second-order valence-electron chi connectivity index (χ2n) is 8.25. The molecule has 0 atom stereocenters. The molecule has 2 aliphatic heterocycles. The van der Waals surface area contributed by atoms with E-state index in [2.05, 4.69) is 30.7 Å². The molecule has 2 N–H and O–H groups in total. The van der Waals surface area contributed by atoms with Gasteiger partial charge in [-0.2, -0.15) is 0 Å². The molecule has 0 unspecified atom stereocenters. The van der Waals surface area contributed by atoms with Crippen molar-refractivity contribution >= 4 is 34.4 Å². The summed E-state index contributed by atoms with van der Waals surface area (Å²) in [6.45, 7) is 3.82. The second-order valence-corrected chi connectivity index (χ2v) is 8.69. The highest BCUT2D eigenvalue weighted by Gasteiger charge is 2.21. The molecule has 0 saturated carbocycles. The number of likely N-dealkylation sites (tertiary alicyclic amines) is 1. The summed E-state index contributed by atoms with van der Waals surface area (Å²) in [7, 11) is 0. The van der Waals surface area contributed by atoms with Crippen LogP contribution in [0.3, 0.4) is 0 Å². The van der Waals surface area contributed by atoms with E-state index in [-0.39, 0.29) is 18.2 Å². The quantitative estimate of drug-likeness (QED) is 0.557. The first kappa shape index (κ1) is 21.7. The van der Waals surface area contributed by atoms with Crippen LogP contribution in [0.2, 0.25) is 5.02 Å². The smallest absolute Gasteiger partial charge is 0.366 e. The fourth-order valence-corrected chi connectivity index (χ4v) is 4.39. The number of carbonyl (C=O) groups excluding carboxylic acids is 1. The van der Waals surface area contributed by atoms with Crippen LogP contribution in [-0.4, -0.2) is 62.8 Å². The molecular formula is C22H24ClN7O3. The topological polar surface area (TPSA) is 114 Å². The molecule has 2 aliphatic rings. The third-order valence-electron chi connectivity index (χ3n) is 6.03. The number of amides is 1. The number of pyridine rings is 1. The number of piperidine rings is 1. The Hall–Kier alpha value is -3.08. The van der Waals surface area contributed by atoms with Crippen LogP contribution in [0.4, 0.5) is 5.82 Å². The Morgan fingerprint density at radius 1 is 1.12 bits per heavy atom. The fraction of sp³-hybridized carbons (Fsp3) is 0.409. The van der Waals surface area contributed by atoms with Gasteiger partial charge in [-0.1, -0.05) is 16.7 Å². The molecule has 11 heteroatoms. The molecular weight excluding hydrogens is 446 g/mol. The molecule has 1 amide bonds. The summed E-state index contributed by atoms with van der Waals surface area (Å²) in [4.78, 5) is 30.6. The lowest BCUT2D eigenvalue weighted by molar-refractivity contribution is -0.118. The highest BCUT2D eigenvalue weighted by Crippen LogP contribution is 2.25. The lowest BCUT2D eigenvalue weighted by Crippen LogP contribution is -2.43. The van der Waals surface area contributed by atoms with Gasteiger partial charge in [-0.15, -0.1) is 5.10 Å². The van der Waals surface area contributed by atoms with Gasteiger partial charge in [-0.3, -0.25) is 9.36 Å². The monoisotopic (exact) mass is 469 g/mol. The maximum atomic E-state index is 12.3. The van der Waals surface area contributed by atoms with E-state index in [1.165, 1.54) is 0 Å². The summed E-state index contributed by atoms with van der Waals surface area (Å²) in [5, 5.41) is 14.6. The number of nitrogens with one attached hydrogen (secondary N) is 2. The first-order chi connectivity index (χ1) is 16.0. The van der Waals surface area contributed by atoms with Crippen molar-refractivity contribution in [3.63, 3.8) is 0 Å². The van der Waals surface area contributed by atoms with Crippen LogP contribution in [0.25, 0.3) is 11.0 Å². The highest BCUT2D eigenvalue weighted by molar-refractivity contribution is 6.31. The van der Waals surface area contributed by atoms with Crippen LogP contribution in [0.5, 0.6) is 5.75 Å². The second kappa shape index (κ2) is 9.42. The normalized spacial score (nSPS) is 16.9. The van der Waals surface area contributed by atoms with E-state index >= 15 is 0 Å². The zero-order valence-electron chi connectivity index (χ0n) is 18.0. The number of anilines is 1. The Labute approximate surface area is 194 Å². The predicted octanol–water partition coefficient (Wildman–Crippen LogP) is 1.42. The molecule has 1 saturated heterocycles. The average Bonchev–Trinajstić information content (AvgIpc) is 2.82. The molecule has 0 bridgehead atoms. The van der Waals surface area contributed by atoms with Gasteiger partial charge in [0.1, 0.15) is 5.52 Å². The maximum Gasteiger partial charge on any atom is 0.366 e. The molecule has 1 fully saturated rings. The Balaban J connectivity index is 1.13. The summed E-state index contributed by atoms with van der Waals surface area (Å²) in [5.74, 6) is 0.897. The number of hydrogen-bond acceptors (Lipinski definition) is 8. The van der Waals surface area contributed by atoms with Crippen molar-refractivity contribution in [3.8, 4) is 5.75 Å². The molecule has 1 aromatic carbocycles. The van der Waals surface area contributed by atoms with Crippen molar-refractivity contribution in [3.05, 3.63) is 51.5 Å². The summed E-state index contributed by atoms with van der Waals surface area (Å²) in [5.41, 5.74) is 1.86. The first-order valence-electron chi connectivity index (χ1n) is 11.0. The van der Waals surface area contributed by atoms with Crippen LogP contribution >= 0.6 is 11.6 Å². The molecule has 0 aliphatic carbocycles. The van der Waals surface area contributed by atoms with Gasteiger partial charge < -0.3 is 20.3 Å². The van der Waals surface area contributed by atoms with Gasteiger partial charge >= 0.3 is 5.69 Å². The van der Waals surface area contributed by atoms with Crippen molar-refractivity contribution in [1.82, 2.24) is 30.0 Å². The molecule has 172 valence electrons. The highest BCUT2D eigenvalue weighted by atomic mass is 35.5. The van der Waals surface area contributed by atoms with Gasteiger partial charge in [0, 0.05) is 30.7 Å². The number of hydrogen-bond donors (Lipinski definition) is 2. The van der Waals surface area contributed by atoms with E-state index in [9.17, 15) is 9.59 Å². The van der Waals surface area contributed by atoms with Gasteiger partial charge in [-0.25, -0.2) is 9.78 Å². The zero-order chi connectivity index (χ0) is 22.8. The van der Waals surface area contributed by atoms with Crippen LogP contribution < -0.4 is 21.1 Å². The minimum Gasteiger partial charge on any atom is -0.480 e. The lowest BCUT2D eigenvalue weighted by atomic mass is 10.0. The van der Waals surface area contributed by atoms with Crippen LogP contribution in [0.15, 0.2) is 35.1 Å². The summed E-state index contributed by atoms with van der Waals surface area (Å²) in [6.07, 6.45) is 2.00. The summed E-state index contributed by atoms with van der Waals surface area (Å²) < 4.78 is 6.99. The van der Waals surface area contributed by atoms with Crippen LogP contribution in [-0.2, 0) is 17.9 Å². The Morgan fingerprint density at radius 3 is 2.82 bits per heavy atom. The molecule has 33 heavy (non-hydrogen) atoms. The molecule has 2 aromatic heterocycles. The number of nitrogens with zero attached hydrogens (tertiary/aromatic N) is 5. The fourth-order valence-electron chi connectivity index (χ4n) is 4.22. The number of rotatable bonds is 6. The predicted molar refractivity (Wildman–Crippen MR) is 123 cm³/mol. The zero-order valence-corrected chi connectivity index (χ0v) is 18.7. The van der Waals surface area contributed by atoms with Crippen molar-refractivity contribution in [2.24, 2.45) is 0 Å². The van der Waals surface area contributed by atoms with E-state index in [0.29, 0.717) is 46.8 Å². The Morgan fingerprint density at radius 2 is 1.97 bits per heavy atom. The number of aromatic nitrogens is 4. The molecule has 10 nitrogen and oxygen atoms in total. The van der Waals surface area contributed by atoms with E-state index in [0.717, 1.165) is 38.2 Å². The van der Waals surface area contributed by atoms with E-state index in [4.69, 9.17) is 16.3 Å². The number of benzene rings is 1. The minimum atomic E-state index is -0.361. The van der Waals surface area contributed by atoms with E-state index in [1.54, 1.807) is 22.8 Å². The Kier molecular flexibility index (Phi) is 6.21. The van der Waals surface area contributed by atoms with Gasteiger partial charge in [0.25, 0.3) is 5.91 Å². The molecule has 0 radical (unpaired) electrons.